The van der Waals surface area contributed by atoms with E-state index >= 15 is 0 Å². The van der Waals surface area contributed by atoms with E-state index in [-0.39, 0.29) is 30.2 Å². The van der Waals surface area contributed by atoms with E-state index in [0.29, 0.717) is 0 Å². The molecule has 2 aromatic rings. The Bertz CT molecular complexity index is 784. The summed E-state index contributed by atoms with van der Waals surface area (Å²) >= 11 is 0. The van der Waals surface area contributed by atoms with Crippen LogP contribution in [0.2, 0.25) is 0 Å². The second kappa shape index (κ2) is 9.90. The van der Waals surface area contributed by atoms with Gasteiger partial charge in [0, 0.05) is 25.3 Å². The Balaban J connectivity index is 1.67. The fourth-order valence-corrected chi connectivity index (χ4v) is 4.03. The SMILES string of the molecule is CC1CN(Cc2ccccc2NC(=O)NC(c2ccccc2)C(C)C)CC(C)O1. The fourth-order valence-electron chi connectivity index (χ4n) is 4.03. The van der Waals surface area contributed by atoms with Gasteiger partial charge in [-0.05, 0) is 37.0 Å². The minimum absolute atomic E-state index is 0.0377. The molecule has 1 saturated heterocycles. The quantitative estimate of drug-likeness (QED) is 0.738. The molecule has 0 spiro atoms. The Morgan fingerprint density at radius 1 is 1.03 bits per heavy atom. The van der Waals surface area contributed by atoms with Gasteiger partial charge in [0.2, 0.25) is 0 Å². The molecule has 0 radical (unpaired) electrons. The average Bonchev–Trinajstić information content (AvgIpc) is 2.67. The largest absolute Gasteiger partial charge is 0.373 e. The molecule has 3 unspecified atom stereocenters. The molecule has 5 nitrogen and oxygen atoms in total. The van der Waals surface area contributed by atoms with E-state index in [1.165, 1.54) is 0 Å². The molecule has 0 aromatic heterocycles. The first-order valence-electron chi connectivity index (χ1n) is 10.5. The van der Waals surface area contributed by atoms with Gasteiger partial charge in [0.25, 0.3) is 0 Å². The van der Waals surface area contributed by atoms with Crippen LogP contribution in [-0.2, 0) is 11.3 Å². The third-order valence-electron chi connectivity index (χ3n) is 5.27. The molecule has 1 heterocycles. The van der Waals surface area contributed by atoms with Crippen LogP contribution < -0.4 is 10.6 Å². The minimum Gasteiger partial charge on any atom is -0.373 e. The summed E-state index contributed by atoms with van der Waals surface area (Å²) in [6.45, 7) is 11.0. The molecule has 0 bridgehead atoms. The van der Waals surface area contributed by atoms with Crippen LogP contribution >= 0.6 is 0 Å². The molecule has 2 amide bonds. The van der Waals surface area contributed by atoms with Gasteiger partial charge in [-0.2, -0.15) is 0 Å². The van der Waals surface area contributed by atoms with Crippen molar-refractivity contribution in [2.75, 3.05) is 18.4 Å². The number of hydrogen-bond donors (Lipinski definition) is 2. The molecule has 2 N–H and O–H groups in total. The highest BCUT2D eigenvalue weighted by Crippen LogP contribution is 2.23. The van der Waals surface area contributed by atoms with E-state index in [1.54, 1.807) is 0 Å². The number of ether oxygens (including phenoxy) is 1. The molecule has 3 atom stereocenters. The minimum atomic E-state index is -0.177. The van der Waals surface area contributed by atoms with Crippen molar-refractivity contribution >= 4 is 11.7 Å². The first-order chi connectivity index (χ1) is 13.9. The number of carbonyl (C=O) groups is 1. The van der Waals surface area contributed by atoms with Crippen LogP contribution in [0.1, 0.15) is 44.9 Å². The van der Waals surface area contributed by atoms with Crippen molar-refractivity contribution in [3.63, 3.8) is 0 Å². The molecule has 1 fully saturated rings. The van der Waals surface area contributed by atoms with Crippen LogP contribution in [0, 0.1) is 5.92 Å². The van der Waals surface area contributed by atoms with E-state index < -0.39 is 0 Å². The molecule has 29 heavy (non-hydrogen) atoms. The highest BCUT2D eigenvalue weighted by atomic mass is 16.5. The van der Waals surface area contributed by atoms with Gasteiger partial charge in [0.15, 0.2) is 0 Å². The Hall–Kier alpha value is -2.37. The molecule has 1 aliphatic heterocycles. The second-order valence-corrected chi connectivity index (χ2v) is 8.34. The molecule has 0 aliphatic carbocycles. The zero-order chi connectivity index (χ0) is 20.8. The van der Waals surface area contributed by atoms with Crippen LogP contribution in [0.5, 0.6) is 0 Å². The van der Waals surface area contributed by atoms with Gasteiger partial charge in [-0.1, -0.05) is 62.4 Å². The smallest absolute Gasteiger partial charge is 0.319 e. The van der Waals surface area contributed by atoms with Crippen LogP contribution in [0.3, 0.4) is 0 Å². The lowest BCUT2D eigenvalue weighted by Gasteiger charge is -2.35. The van der Waals surface area contributed by atoms with Crippen molar-refractivity contribution in [1.82, 2.24) is 10.2 Å². The fraction of sp³-hybridized carbons (Fsp3) is 0.458. The number of carbonyl (C=O) groups excluding carboxylic acids is 1. The second-order valence-electron chi connectivity index (χ2n) is 8.34. The first kappa shape index (κ1) is 21.3. The van der Waals surface area contributed by atoms with Gasteiger partial charge in [0.1, 0.15) is 0 Å². The topological polar surface area (TPSA) is 53.6 Å². The van der Waals surface area contributed by atoms with Crippen LogP contribution in [0.25, 0.3) is 0 Å². The monoisotopic (exact) mass is 395 g/mol. The predicted molar refractivity (Wildman–Crippen MR) is 118 cm³/mol. The predicted octanol–water partition coefficient (Wildman–Crippen LogP) is 4.81. The number of amides is 2. The Morgan fingerprint density at radius 2 is 1.66 bits per heavy atom. The Kier molecular flexibility index (Phi) is 7.29. The summed E-state index contributed by atoms with van der Waals surface area (Å²) in [7, 11) is 0. The summed E-state index contributed by atoms with van der Waals surface area (Å²) in [6, 6.07) is 17.9. The highest BCUT2D eigenvalue weighted by Gasteiger charge is 2.23. The summed E-state index contributed by atoms with van der Waals surface area (Å²) in [5.41, 5.74) is 3.08. The summed E-state index contributed by atoms with van der Waals surface area (Å²) in [6.07, 6.45) is 0.444. The van der Waals surface area contributed by atoms with Gasteiger partial charge in [-0.15, -0.1) is 0 Å². The van der Waals surface area contributed by atoms with Crippen LogP contribution in [0.4, 0.5) is 10.5 Å². The normalized spacial score (nSPS) is 21.0. The van der Waals surface area contributed by atoms with E-state index in [4.69, 9.17) is 4.74 Å². The van der Waals surface area contributed by atoms with Gasteiger partial charge in [-0.3, -0.25) is 4.90 Å². The number of morpholine rings is 1. The summed E-state index contributed by atoms with van der Waals surface area (Å²) in [5, 5.41) is 6.21. The van der Waals surface area contributed by atoms with Gasteiger partial charge >= 0.3 is 6.03 Å². The maximum absolute atomic E-state index is 12.8. The zero-order valence-electron chi connectivity index (χ0n) is 17.9. The molecule has 5 heteroatoms. The van der Waals surface area contributed by atoms with Crippen molar-refractivity contribution in [2.45, 2.75) is 52.5 Å². The molecular formula is C24H33N3O2. The molecule has 3 rings (SSSR count). The number of urea groups is 1. The Morgan fingerprint density at radius 3 is 2.31 bits per heavy atom. The molecule has 1 aliphatic rings. The lowest BCUT2D eigenvalue weighted by atomic mass is 9.96. The lowest BCUT2D eigenvalue weighted by molar-refractivity contribution is -0.0704. The third-order valence-corrected chi connectivity index (χ3v) is 5.27. The Labute approximate surface area is 174 Å². The van der Waals surface area contributed by atoms with Crippen molar-refractivity contribution in [3.05, 3.63) is 65.7 Å². The van der Waals surface area contributed by atoms with Crippen molar-refractivity contribution in [1.29, 1.82) is 0 Å². The average molecular weight is 396 g/mol. The standard InChI is InChI=1S/C24H33N3O2/c1-17(2)23(20-10-6-5-7-11-20)26-24(28)25-22-13-9-8-12-21(22)16-27-14-18(3)29-19(4)15-27/h5-13,17-19,23H,14-16H2,1-4H3,(H2,25,26,28). The number of hydrogen-bond acceptors (Lipinski definition) is 3. The molecule has 2 aromatic carbocycles. The maximum atomic E-state index is 12.8. The highest BCUT2D eigenvalue weighted by molar-refractivity contribution is 5.90. The van der Waals surface area contributed by atoms with E-state index in [0.717, 1.165) is 36.4 Å². The summed E-state index contributed by atoms with van der Waals surface area (Å²) in [4.78, 5) is 15.2. The van der Waals surface area contributed by atoms with Crippen molar-refractivity contribution in [3.8, 4) is 0 Å². The number of benzene rings is 2. The van der Waals surface area contributed by atoms with Crippen molar-refractivity contribution < 1.29 is 9.53 Å². The number of nitrogens with one attached hydrogen (secondary N) is 2. The number of rotatable bonds is 6. The van der Waals surface area contributed by atoms with Crippen LogP contribution in [0.15, 0.2) is 54.6 Å². The van der Waals surface area contributed by atoms with Crippen molar-refractivity contribution in [2.24, 2.45) is 5.92 Å². The van der Waals surface area contributed by atoms with E-state index in [1.807, 2.05) is 36.4 Å². The molecular weight excluding hydrogens is 362 g/mol. The van der Waals surface area contributed by atoms with E-state index in [2.05, 4.69) is 61.4 Å². The number of nitrogens with zero attached hydrogens (tertiary/aromatic N) is 1. The number of anilines is 1. The first-order valence-corrected chi connectivity index (χ1v) is 10.5. The lowest BCUT2D eigenvalue weighted by Crippen LogP contribution is -2.45. The van der Waals surface area contributed by atoms with Crippen LogP contribution in [-0.4, -0.2) is 36.2 Å². The zero-order valence-corrected chi connectivity index (χ0v) is 17.9. The van der Waals surface area contributed by atoms with Gasteiger partial charge in [-0.25, -0.2) is 4.79 Å². The number of para-hydroxylation sites is 1. The summed E-state index contributed by atoms with van der Waals surface area (Å²) < 4.78 is 5.84. The van der Waals surface area contributed by atoms with Gasteiger partial charge < -0.3 is 15.4 Å². The van der Waals surface area contributed by atoms with Gasteiger partial charge in [0.05, 0.1) is 18.2 Å². The van der Waals surface area contributed by atoms with E-state index in [9.17, 15) is 4.79 Å². The summed E-state index contributed by atoms with van der Waals surface area (Å²) in [5.74, 6) is 0.287. The maximum Gasteiger partial charge on any atom is 0.319 e. The third kappa shape index (κ3) is 6.05. The molecule has 0 saturated carbocycles. The molecule has 156 valence electrons.